The third-order valence-corrected chi connectivity index (χ3v) is 3.58. The largest absolute Gasteiger partial charge is 0.272 e. The number of halogens is 1. The van der Waals surface area contributed by atoms with E-state index in [2.05, 4.69) is 25.9 Å². The van der Waals surface area contributed by atoms with Crippen LogP contribution in [0.1, 0.15) is 43.6 Å². The highest BCUT2D eigenvalue weighted by Crippen LogP contribution is 2.34. The monoisotopic (exact) mass is 260 g/mol. The molecule has 0 spiro atoms. The van der Waals surface area contributed by atoms with Crippen molar-refractivity contribution in [3.63, 3.8) is 0 Å². The molecular formula is C16H21FN2. The van der Waals surface area contributed by atoms with E-state index in [9.17, 15) is 4.39 Å². The molecule has 0 atom stereocenters. The molecule has 2 nitrogen and oxygen atoms in total. The second-order valence-electron chi connectivity index (χ2n) is 5.27. The van der Waals surface area contributed by atoms with E-state index in [1.54, 1.807) is 6.07 Å². The maximum Gasteiger partial charge on any atom is 0.123 e. The Hall–Kier alpha value is -1.64. The molecule has 2 aromatic rings. The number of hydrogen-bond donors (Lipinski definition) is 0. The summed E-state index contributed by atoms with van der Waals surface area (Å²) in [7, 11) is 1.97. The van der Waals surface area contributed by atoms with Gasteiger partial charge in [-0.25, -0.2) is 4.39 Å². The van der Waals surface area contributed by atoms with Crippen LogP contribution in [0.4, 0.5) is 4.39 Å². The Morgan fingerprint density at radius 3 is 2.58 bits per heavy atom. The Bertz CT molecular complexity index is 597. The minimum absolute atomic E-state index is 0.174. The van der Waals surface area contributed by atoms with Crippen LogP contribution in [0.2, 0.25) is 0 Å². The van der Waals surface area contributed by atoms with Crippen LogP contribution in [-0.4, -0.2) is 9.78 Å². The van der Waals surface area contributed by atoms with Gasteiger partial charge in [0.2, 0.25) is 0 Å². The molecule has 0 bridgehead atoms. The van der Waals surface area contributed by atoms with Crippen molar-refractivity contribution in [1.82, 2.24) is 9.78 Å². The first-order valence-corrected chi connectivity index (χ1v) is 6.78. The molecule has 0 amide bonds. The van der Waals surface area contributed by atoms with Crippen molar-refractivity contribution < 1.29 is 4.39 Å². The molecule has 1 aromatic carbocycles. The van der Waals surface area contributed by atoms with Crippen LogP contribution in [0, 0.1) is 12.7 Å². The molecule has 0 unspecified atom stereocenters. The van der Waals surface area contributed by atoms with Gasteiger partial charge >= 0.3 is 0 Å². The van der Waals surface area contributed by atoms with Crippen molar-refractivity contribution in [3.05, 3.63) is 41.0 Å². The number of nitrogens with zero attached hydrogens (tertiary/aromatic N) is 2. The van der Waals surface area contributed by atoms with Crippen molar-refractivity contribution in [2.45, 2.75) is 40.0 Å². The number of rotatable bonds is 3. The van der Waals surface area contributed by atoms with E-state index in [-0.39, 0.29) is 11.7 Å². The fraction of sp³-hybridized carbons (Fsp3) is 0.438. The molecule has 0 N–H and O–H groups in total. The molecular weight excluding hydrogens is 239 g/mol. The summed E-state index contributed by atoms with van der Waals surface area (Å²) in [6, 6.07) is 5.06. The van der Waals surface area contributed by atoms with E-state index in [0.717, 1.165) is 28.8 Å². The normalized spacial score (nSPS) is 11.3. The molecule has 1 heterocycles. The standard InChI is InChI=1S/C16H21FN2/c1-6-15-16(11(4)18-19(15)5)13-8-7-12(17)9-14(13)10(2)3/h7-10H,6H2,1-5H3. The van der Waals surface area contributed by atoms with Gasteiger partial charge in [-0.1, -0.05) is 26.8 Å². The zero-order valence-corrected chi connectivity index (χ0v) is 12.3. The van der Waals surface area contributed by atoms with E-state index in [1.165, 1.54) is 11.8 Å². The first kappa shape index (κ1) is 13.8. The maximum atomic E-state index is 13.5. The lowest BCUT2D eigenvalue weighted by Gasteiger charge is -2.14. The molecule has 0 saturated carbocycles. The van der Waals surface area contributed by atoms with Gasteiger partial charge in [-0.05, 0) is 42.5 Å². The quantitative estimate of drug-likeness (QED) is 0.808. The lowest BCUT2D eigenvalue weighted by Crippen LogP contribution is -1.99. The van der Waals surface area contributed by atoms with Gasteiger partial charge in [0.25, 0.3) is 0 Å². The van der Waals surface area contributed by atoms with Gasteiger partial charge in [-0.15, -0.1) is 0 Å². The van der Waals surface area contributed by atoms with Gasteiger partial charge in [0.05, 0.1) is 5.69 Å². The zero-order valence-electron chi connectivity index (χ0n) is 12.3. The fourth-order valence-corrected chi connectivity index (χ4v) is 2.70. The van der Waals surface area contributed by atoms with E-state index in [4.69, 9.17) is 0 Å². The predicted octanol–water partition coefficient (Wildman–Crippen LogP) is 4.22. The van der Waals surface area contributed by atoms with E-state index in [1.807, 2.05) is 24.7 Å². The zero-order chi connectivity index (χ0) is 14.2. The van der Waals surface area contributed by atoms with Gasteiger partial charge in [0.15, 0.2) is 0 Å². The molecule has 102 valence electrons. The first-order chi connectivity index (χ1) is 8.95. The fourth-order valence-electron chi connectivity index (χ4n) is 2.70. The van der Waals surface area contributed by atoms with Gasteiger partial charge in [0, 0.05) is 18.3 Å². The molecule has 0 saturated heterocycles. The molecule has 19 heavy (non-hydrogen) atoms. The average Bonchev–Trinajstić information content (AvgIpc) is 2.63. The number of aryl methyl sites for hydroxylation is 2. The smallest absolute Gasteiger partial charge is 0.123 e. The average molecular weight is 260 g/mol. The summed E-state index contributed by atoms with van der Waals surface area (Å²) in [5.74, 6) is 0.113. The Morgan fingerprint density at radius 1 is 1.32 bits per heavy atom. The Kier molecular flexibility index (Phi) is 3.74. The topological polar surface area (TPSA) is 17.8 Å². The molecule has 0 radical (unpaired) electrons. The van der Waals surface area contributed by atoms with Crippen LogP contribution in [0.25, 0.3) is 11.1 Å². The molecule has 2 rings (SSSR count). The van der Waals surface area contributed by atoms with Crippen molar-refractivity contribution in [1.29, 1.82) is 0 Å². The number of aromatic nitrogens is 2. The van der Waals surface area contributed by atoms with Gasteiger partial charge in [0.1, 0.15) is 5.82 Å². The summed E-state index contributed by atoms with van der Waals surface area (Å²) in [6.45, 7) is 8.33. The summed E-state index contributed by atoms with van der Waals surface area (Å²) >= 11 is 0. The van der Waals surface area contributed by atoms with Crippen LogP contribution in [0.15, 0.2) is 18.2 Å². The van der Waals surface area contributed by atoms with Crippen molar-refractivity contribution in [2.75, 3.05) is 0 Å². The predicted molar refractivity (Wildman–Crippen MR) is 76.8 cm³/mol. The summed E-state index contributed by atoms with van der Waals surface area (Å²) in [5, 5.41) is 4.50. The summed E-state index contributed by atoms with van der Waals surface area (Å²) in [4.78, 5) is 0. The summed E-state index contributed by atoms with van der Waals surface area (Å²) < 4.78 is 15.4. The highest BCUT2D eigenvalue weighted by molar-refractivity contribution is 5.72. The minimum Gasteiger partial charge on any atom is -0.272 e. The van der Waals surface area contributed by atoms with E-state index < -0.39 is 0 Å². The molecule has 0 fully saturated rings. The molecule has 0 aliphatic heterocycles. The number of hydrogen-bond acceptors (Lipinski definition) is 1. The lowest BCUT2D eigenvalue weighted by atomic mass is 9.91. The van der Waals surface area contributed by atoms with Gasteiger partial charge < -0.3 is 0 Å². The van der Waals surface area contributed by atoms with Gasteiger partial charge in [-0.3, -0.25) is 4.68 Å². The van der Waals surface area contributed by atoms with E-state index in [0.29, 0.717) is 0 Å². The third kappa shape index (κ3) is 2.42. The van der Waals surface area contributed by atoms with Crippen LogP contribution >= 0.6 is 0 Å². The van der Waals surface area contributed by atoms with Crippen molar-refractivity contribution in [2.24, 2.45) is 7.05 Å². The third-order valence-electron chi connectivity index (χ3n) is 3.58. The number of benzene rings is 1. The Balaban J connectivity index is 2.72. The molecule has 3 heteroatoms. The Labute approximate surface area is 114 Å². The van der Waals surface area contributed by atoms with Crippen LogP contribution in [0.5, 0.6) is 0 Å². The first-order valence-electron chi connectivity index (χ1n) is 6.78. The van der Waals surface area contributed by atoms with Crippen LogP contribution in [-0.2, 0) is 13.5 Å². The summed E-state index contributed by atoms with van der Waals surface area (Å²) in [6.07, 6.45) is 0.918. The van der Waals surface area contributed by atoms with Crippen molar-refractivity contribution >= 4 is 0 Å². The Morgan fingerprint density at radius 2 is 2.00 bits per heavy atom. The molecule has 1 aromatic heterocycles. The SMILES string of the molecule is CCc1c(-c2ccc(F)cc2C(C)C)c(C)nn1C. The minimum atomic E-state index is -0.174. The second-order valence-corrected chi connectivity index (χ2v) is 5.27. The second kappa shape index (κ2) is 5.16. The van der Waals surface area contributed by atoms with Crippen molar-refractivity contribution in [3.8, 4) is 11.1 Å². The van der Waals surface area contributed by atoms with Crippen LogP contribution < -0.4 is 0 Å². The maximum absolute atomic E-state index is 13.5. The molecule has 0 aliphatic rings. The lowest BCUT2D eigenvalue weighted by molar-refractivity contribution is 0.623. The van der Waals surface area contributed by atoms with Gasteiger partial charge in [-0.2, -0.15) is 5.10 Å². The summed E-state index contributed by atoms with van der Waals surface area (Å²) in [5.41, 5.74) is 5.53. The highest BCUT2D eigenvalue weighted by Gasteiger charge is 2.18. The molecule has 0 aliphatic carbocycles. The van der Waals surface area contributed by atoms with E-state index >= 15 is 0 Å². The van der Waals surface area contributed by atoms with Crippen LogP contribution in [0.3, 0.4) is 0 Å². The highest BCUT2D eigenvalue weighted by atomic mass is 19.1.